The van der Waals surface area contributed by atoms with Crippen LogP contribution in [0.1, 0.15) is 38.8 Å². The quantitative estimate of drug-likeness (QED) is 0.243. The highest BCUT2D eigenvalue weighted by atomic mass is 127. The number of nitrogens with zero attached hydrogens (tertiary/aromatic N) is 3. The van der Waals surface area contributed by atoms with E-state index >= 15 is 0 Å². The Balaban J connectivity index is 0.00000576. The third-order valence-corrected chi connectivity index (χ3v) is 3.64. The topological polar surface area (TPSA) is 69.6 Å². The van der Waals surface area contributed by atoms with Gasteiger partial charge in [0, 0.05) is 45.0 Å². The van der Waals surface area contributed by atoms with Crippen LogP contribution >= 0.6 is 24.0 Å². The molecule has 0 atom stereocenters. The van der Waals surface area contributed by atoms with Gasteiger partial charge in [0.2, 0.25) is 5.91 Å². The summed E-state index contributed by atoms with van der Waals surface area (Å²) in [6.45, 7) is 6.66. The van der Waals surface area contributed by atoms with Gasteiger partial charge in [-0.3, -0.25) is 9.78 Å². The molecular formula is C18H32IN5O. The molecule has 0 aliphatic rings. The van der Waals surface area contributed by atoms with E-state index in [4.69, 9.17) is 0 Å². The maximum atomic E-state index is 12.2. The highest BCUT2D eigenvalue weighted by molar-refractivity contribution is 14.0. The lowest BCUT2D eigenvalue weighted by molar-refractivity contribution is -0.128. The molecule has 1 aromatic heterocycles. The number of halogens is 1. The predicted molar refractivity (Wildman–Crippen MR) is 114 cm³/mol. The largest absolute Gasteiger partial charge is 0.357 e. The van der Waals surface area contributed by atoms with E-state index in [1.807, 2.05) is 32.2 Å². The Hall–Kier alpha value is -1.38. The van der Waals surface area contributed by atoms with E-state index in [9.17, 15) is 4.79 Å². The van der Waals surface area contributed by atoms with Crippen molar-refractivity contribution in [3.63, 3.8) is 0 Å². The van der Waals surface area contributed by atoms with Crippen molar-refractivity contribution in [1.82, 2.24) is 20.5 Å². The van der Waals surface area contributed by atoms with Crippen LogP contribution in [0.5, 0.6) is 0 Å². The third kappa shape index (κ3) is 11.0. The number of hydrogen-bond donors (Lipinski definition) is 2. The van der Waals surface area contributed by atoms with Crippen molar-refractivity contribution in [3.05, 3.63) is 30.1 Å². The first kappa shape index (κ1) is 23.6. The number of pyridine rings is 1. The van der Waals surface area contributed by atoms with Crippen LogP contribution in [0.3, 0.4) is 0 Å². The number of nitrogens with one attached hydrogen (secondary N) is 2. The van der Waals surface area contributed by atoms with Crippen molar-refractivity contribution in [2.24, 2.45) is 4.99 Å². The minimum Gasteiger partial charge on any atom is -0.357 e. The van der Waals surface area contributed by atoms with Gasteiger partial charge in [0.05, 0.1) is 0 Å². The van der Waals surface area contributed by atoms with Crippen molar-refractivity contribution in [3.8, 4) is 0 Å². The number of likely N-dealkylation sites (N-methyl/N-ethyl adjacent to an activating group) is 1. The molecular weight excluding hydrogens is 429 g/mol. The van der Waals surface area contributed by atoms with Crippen LogP contribution in [0, 0.1) is 0 Å². The predicted octanol–water partition coefficient (Wildman–Crippen LogP) is 2.45. The summed E-state index contributed by atoms with van der Waals surface area (Å²) >= 11 is 0. The molecule has 0 fully saturated rings. The lowest BCUT2D eigenvalue weighted by Gasteiger charge is -2.16. The van der Waals surface area contributed by atoms with Gasteiger partial charge in [-0.25, -0.2) is 4.99 Å². The molecule has 1 heterocycles. The zero-order chi connectivity index (χ0) is 17.6. The summed E-state index contributed by atoms with van der Waals surface area (Å²) < 4.78 is 0. The van der Waals surface area contributed by atoms with Gasteiger partial charge >= 0.3 is 0 Å². The van der Waals surface area contributed by atoms with Crippen LogP contribution < -0.4 is 10.6 Å². The lowest BCUT2D eigenvalue weighted by atomic mass is 10.2. The van der Waals surface area contributed by atoms with Gasteiger partial charge in [-0.15, -0.1) is 24.0 Å². The third-order valence-electron chi connectivity index (χ3n) is 3.64. The fraction of sp³-hybridized carbons (Fsp3) is 0.611. The number of hydrogen-bond acceptors (Lipinski definition) is 3. The minimum absolute atomic E-state index is 0. The molecule has 6 nitrogen and oxygen atoms in total. The molecule has 1 aromatic rings. The molecule has 0 unspecified atom stereocenters. The summed E-state index contributed by atoms with van der Waals surface area (Å²) in [5.74, 6) is 0.719. The smallest absolute Gasteiger partial charge is 0.244 e. The summed E-state index contributed by atoms with van der Waals surface area (Å²) in [6.07, 6.45) is 6.02. The molecule has 0 saturated heterocycles. The SMILES string of the molecule is CCCCCNC(=NCC(=O)N(C)CCc1ccccn1)NCC.I. The van der Waals surface area contributed by atoms with Gasteiger partial charge in [-0.1, -0.05) is 25.8 Å². The number of rotatable bonds is 10. The van der Waals surface area contributed by atoms with Crippen LogP contribution in [0.15, 0.2) is 29.4 Å². The van der Waals surface area contributed by atoms with Crippen molar-refractivity contribution in [2.75, 3.05) is 33.2 Å². The Bertz CT molecular complexity index is 495. The van der Waals surface area contributed by atoms with Gasteiger partial charge in [0.1, 0.15) is 6.54 Å². The monoisotopic (exact) mass is 461 g/mol. The van der Waals surface area contributed by atoms with E-state index in [1.165, 1.54) is 12.8 Å². The molecule has 0 saturated carbocycles. The molecule has 0 aromatic carbocycles. The van der Waals surface area contributed by atoms with Crippen LogP contribution in [-0.4, -0.2) is 55.0 Å². The normalized spacial score (nSPS) is 10.8. The van der Waals surface area contributed by atoms with E-state index in [0.717, 1.165) is 31.6 Å². The Morgan fingerprint density at radius 1 is 1.24 bits per heavy atom. The van der Waals surface area contributed by atoms with Crippen LogP contribution in [0.2, 0.25) is 0 Å². The van der Waals surface area contributed by atoms with Crippen molar-refractivity contribution < 1.29 is 4.79 Å². The van der Waals surface area contributed by atoms with E-state index in [2.05, 4.69) is 27.5 Å². The Morgan fingerprint density at radius 2 is 2.04 bits per heavy atom. The van der Waals surface area contributed by atoms with Gasteiger partial charge in [-0.2, -0.15) is 0 Å². The van der Waals surface area contributed by atoms with Gasteiger partial charge in [-0.05, 0) is 25.5 Å². The Morgan fingerprint density at radius 3 is 2.68 bits per heavy atom. The van der Waals surface area contributed by atoms with E-state index in [-0.39, 0.29) is 36.4 Å². The van der Waals surface area contributed by atoms with Gasteiger partial charge in [0.15, 0.2) is 5.96 Å². The average Bonchev–Trinajstić information content (AvgIpc) is 2.61. The molecule has 0 bridgehead atoms. The van der Waals surface area contributed by atoms with Crippen LogP contribution in [0.25, 0.3) is 0 Å². The number of carbonyl (C=O) groups excluding carboxylic acids is 1. The standard InChI is InChI=1S/C18H31N5O.HI/c1-4-6-8-13-21-18(19-5-2)22-15-17(24)23(3)14-11-16-10-7-9-12-20-16;/h7,9-10,12H,4-6,8,11,13-15H2,1-3H3,(H2,19,21,22);1H. The highest BCUT2D eigenvalue weighted by Crippen LogP contribution is 1.97. The van der Waals surface area contributed by atoms with Crippen molar-refractivity contribution in [1.29, 1.82) is 0 Å². The highest BCUT2D eigenvalue weighted by Gasteiger charge is 2.09. The Kier molecular flexibility index (Phi) is 14.1. The first-order chi connectivity index (χ1) is 11.7. The van der Waals surface area contributed by atoms with Crippen molar-refractivity contribution in [2.45, 2.75) is 39.5 Å². The maximum absolute atomic E-state index is 12.2. The fourth-order valence-corrected chi connectivity index (χ4v) is 2.14. The molecule has 25 heavy (non-hydrogen) atoms. The summed E-state index contributed by atoms with van der Waals surface area (Å²) in [5, 5.41) is 6.44. The van der Waals surface area contributed by atoms with E-state index in [1.54, 1.807) is 11.1 Å². The number of aliphatic imine (C=N–C) groups is 1. The number of amides is 1. The number of aromatic nitrogens is 1. The minimum atomic E-state index is 0. The molecule has 0 aliphatic heterocycles. The molecule has 0 radical (unpaired) electrons. The zero-order valence-corrected chi connectivity index (χ0v) is 18.0. The molecule has 0 aliphatic carbocycles. The van der Waals surface area contributed by atoms with Gasteiger partial charge in [0.25, 0.3) is 0 Å². The molecule has 142 valence electrons. The fourth-order valence-electron chi connectivity index (χ4n) is 2.14. The number of guanidine groups is 1. The second-order valence-corrected chi connectivity index (χ2v) is 5.72. The Labute approximate surface area is 168 Å². The maximum Gasteiger partial charge on any atom is 0.244 e. The molecule has 1 rings (SSSR count). The zero-order valence-electron chi connectivity index (χ0n) is 15.6. The van der Waals surface area contributed by atoms with E-state index in [0.29, 0.717) is 12.5 Å². The second-order valence-electron chi connectivity index (χ2n) is 5.72. The summed E-state index contributed by atoms with van der Waals surface area (Å²) in [4.78, 5) is 22.5. The van der Waals surface area contributed by atoms with Crippen LogP contribution in [0.4, 0.5) is 0 Å². The number of carbonyl (C=O) groups is 1. The lowest BCUT2D eigenvalue weighted by Crippen LogP contribution is -2.39. The average molecular weight is 461 g/mol. The molecule has 2 N–H and O–H groups in total. The second kappa shape index (κ2) is 14.9. The molecule has 7 heteroatoms. The van der Waals surface area contributed by atoms with Gasteiger partial charge < -0.3 is 15.5 Å². The summed E-state index contributed by atoms with van der Waals surface area (Å²) in [6, 6.07) is 5.82. The van der Waals surface area contributed by atoms with Crippen molar-refractivity contribution >= 4 is 35.8 Å². The number of unbranched alkanes of at least 4 members (excludes halogenated alkanes) is 2. The summed E-state index contributed by atoms with van der Waals surface area (Å²) in [7, 11) is 1.81. The van der Waals surface area contributed by atoms with Crippen LogP contribution in [-0.2, 0) is 11.2 Å². The van der Waals surface area contributed by atoms with E-state index < -0.39 is 0 Å². The summed E-state index contributed by atoms with van der Waals surface area (Å²) in [5.41, 5.74) is 0.992. The first-order valence-electron chi connectivity index (χ1n) is 8.83. The molecule has 1 amide bonds. The first-order valence-corrected chi connectivity index (χ1v) is 8.83. The molecule has 0 spiro atoms.